The molecule has 2 rings (SSSR count). The number of rotatable bonds is 3. The number of nitrogens with zero attached hydrogens (tertiary/aromatic N) is 1. The molecule has 0 spiro atoms. The highest BCUT2D eigenvalue weighted by atomic mass is 32.1. The number of hydrogen-bond acceptors (Lipinski definition) is 2. The highest BCUT2D eigenvalue weighted by Crippen LogP contribution is 2.29. The second-order valence-electron chi connectivity index (χ2n) is 5.45. The van der Waals surface area contributed by atoms with Crippen LogP contribution in [0.15, 0.2) is 24.3 Å². The Morgan fingerprint density at radius 2 is 1.94 bits per heavy atom. The Hall–Kier alpha value is -1.09. The third kappa shape index (κ3) is 3.02. The first-order chi connectivity index (χ1) is 8.58. The summed E-state index contributed by atoms with van der Waals surface area (Å²) in [5.41, 5.74) is 7.82. The summed E-state index contributed by atoms with van der Waals surface area (Å²) < 4.78 is 0. The van der Waals surface area contributed by atoms with Gasteiger partial charge in [-0.25, -0.2) is 0 Å². The van der Waals surface area contributed by atoms with Gasteiger partial charge in [0.05, 0.1) is 0 Å². The van der Waals surface area contributed by atoms with Crippen LogP contribution >= 0.6 is 12.2 Å². The molecule has 98 valence electrons. The van der Waals surface area contributed by atoms with Crippen LogP contribution in [0.4, 0.5) is 5.69 Å². The van der Waals surface area contributed by atoms with E-state index in [2.05, 4.69) is 31.0 Å². The molecule has 0 radical (unpaired) electrons. The average Bonchev–Trinajstić information content (AvgIpc) is 2.38. The van der Waals surface area contributed by atoms with Crippen LogP contribution < -0.4 is 10.6 Å². The zero-order valence-electron chi connectivity index (χ0n) is 11.2. The second kappa shape index (κ2) is 5.70. The van der Waals surface area contributed by atoms with Crippen LogP contribution in [0.5, 0.6) is 0 Å². The fraction of sp³-hybridized carbons (Fsp3) is 0.533. The van der Waals surface area contributed by atoms with Crippen molar-refractivity contribution in [2.75, 3.05) is 11.9 Å². The Balaban J connectivity index is 2.08. The van der Waals surface area contributed by atoms with E-state index in [1.807, 2.05) is 12.1 Å². The molecular weight excluding hydrogens is 240 g/mol. The van der Waals surface area contributed by atoms with Crippen molar-refractivity contribution in [2.24, 2.45) is 11.7 Å². The minimum atomic E-state index is 0.468. The predicted octanol–water partition coefficient (Wildman–Crippen LogP) is 3.34. The van der Waals surface area contributed by atoms with Gasteiger partial charge in [-0.15, -0.1) is 0 Å². The third-order valence-corrected chi connectivity index (χ3v) is 4.25. The van der Waals surface area contributed by atoms with Crippen molar-refractivity contribution >= 4 is 22.9 Å². The van der Waals surface area contributed by atoms with E-state index < -0.39 is 0 Å². The molecule has 2 atom stereocenters. The quantitative estimate of drug-likeness (QED) is 0.847. The molecule has 1 fully saturated rings. The lowest BCUT2D eigenvalue weighted by atomic mass is 9.86. The van der Waals surface area contributed by atoms with Gasteiger partial charge in [0.15, 0.2) is 0 Å². The summed E-state index contributed by atoms with van der Waals surface area (Å²) in [6.45, 7) is 2.36. The molecule has 0 amide bonds. The van der Waals surface area contributed by atoms with Crippen molar-refractivity contribution in [1.29, 1.82) is 0 Å². The molecule has 1 saturated carbocycles. The lowest BCUT2D eigenvalue weighted by molar-refractivity contribution is 0.336. The molecule has 0 bridgehead atoms. The Labute approximate surface area is 115 Å². The average molecular weight is 262 g/mol. The van der Waals surface area contributed by atoms with E-state index in [-0.39, 0.29) is 0 Å². The summed E-state index contributed by atoms with van der Waals surface area (Å²) in [6, 6.07) is 8.94. The fourth-order valence-electron chi connectivity index (χ4n) is 2.83. The summed E-state index contributed by atoms with van der Waals surface area (Å²) >= 11 is 4.98. The summed E-state index contributed by atoms with van der Waals surface area (Å²) in [6.07, 6.45) is 5.33. The van der Waals surface area contributed by atoms with Crippen LogP contribution in [0.1, 0.15) is 38.2 Å². The first-order valence-corrected chi connectivity index (χ1v) is 7.11. The van der Waals surface area contributed by atoms with Crippen molar-refractivity contribution < 1.29 is 0 Å². The highest BCUT2D eigenvalue weighted by Gasteiger charge is 2.22. The van der Waals surface area contributed by atoms with Crippen molar-refractivity contribution in [3.63, 3.8) is 0 Å². The van der Waals surface area contributed by atoms with Crippen molar-refractivity contribution in [3.8, 4) is 0 Å². The molecule has 1 aromatic carbocycles. The van der Waals surface area contributed by atoms with Gasteiger partial charge in [0.25, 0.3) is 0 Å². The third-order valence-electron chi connectivity index (χ3n) is 4.02. The van der Waals surface area contributed by atoms with Crippen molar-refractivity contribution in [3.05, 3.63) is 29.8 Å². The molecule has 0 aromatic heterocycles. The topological polar surface area (TPSA) is 29.3 Å². The largest absolute Gasteiger partial charge is 0.389 e. The molecule has 0 saturated heterocycles. The van der Waals surface area contributed by atoms with Gasteiger partial charge in [0.1, 0.15) is 4.99 Å². The van der Waals surface area contributed by atoms with E-state index in [1.165, 1.54) is 31.4 Å². The van der Waals surface area contributed by atoms with Gasteiger partial charge in [-0.05, 0) is 43.0 Å². The van der Waals surface area contributed by atoms with Gasteiger partial charge in [-0.2, -0.15) is 0 Å². The van der Waals surface area contributed by atoms with Crippen LogP contribution in [0, 0.1) is 5.92 Å². The van der Waals surface area contributed by atoms with Crippen LogP contribution in [-0.2, 0) is 0 Å². The zero-order valence-corrected chi connectivity index (χ0v) is 12.0. The van der Waals surface area contributed by atoms with Gasteiger partial charge in [0, 0.05) is 24.3 Å². The number of anilines is 1. The van der Waals surface area contributed by atoms with E-state index in [9.17, 15) is 0 Å². The molecular formula is C15H22N2S. The molecule has 1 aliphatic carbocycles. The van der Waals surface area contributed by atoms with E-state index in [1.54, 1.807) is 0 Å². The van der Waals surface area contributed by atoms with Gasteiger partial charge in [-0.1, -0.05) is 32.0 Å². The van der Waals surface area contributed by atoms with E-state index in [0.29, 0.717) is 11.0 Å². The maximum atomic E-state index is 5.62. The Bertz CT molecular complexity index is 413. The maximum Gasteiger partial charge on any atom is 0.103 e. The second-order valence-corrected chi connectivity index (χ2v) is 5.89. The van der Waals surface area contributed by atoms with Crippen molar-refractivity contribution in [2.45, 2.75) is 38.6 Å². The minimum Gasteiger partial charge on any atom is -0.389 e. The number of nitrogens with two attached hydrogens (primary N) is 1. The Morgan fingerprint density at radius 1 is 1.28 bits per heavy atom. The highest BCUT2D eigenvalue weighted by molar-refractivity contribution is 7.80. The van der Waals surface area contributed by atoms with Gasteiger partial charge < -0.3 is 10.6 Å². The summed E-state index contributed by atoms with van der Waals surface area (Å²) in [5.74, 6) is 0.849. The monoisotopic (exact) mass is 262 g/mol. The fourth-order valence-corrected chi connectivity index (χ4v) is 2.96. The molecule has 0 aliphatic heterocycles. The van der Waals surface area contributed by atoms with Crippen LogP contribution in [0.25, 0.3) is 0 Å². The SMILES string of the molecule is CC1CCCC(N(C)c2ccc(C(N)=S)cc2)C1. The predicted molar refractivity (Wildman–Crippen MR) is 82.2 cm³/mol. The van der Waals surface area contributed by atoms with Crippen LogP contribution in [0.2, 0.25) is 0 Å². The molecule has 2 N–H and O–H groups in total. The Morgan fingerprint density at radius 3 is 2.50 bits per heavy atom. The molecule has 18 heavy (non-hydrogen) atoms. The lowest BCUT2D eigenvalue weighted by Gasteiger charge is -2.35. The van der Waals surface area contributed by atoms with Gasteiger partial charge in [-0.3, -0.25) is 0 Å². The normalized spacial score (nSPS) is 23.7. The Kier molecular flexibility index (Phi) is 4.23. The summed E-state index contributed by atoms with van der Waals surface area (Å²) in [5, 5.41) is 0. The molecule has 2 unspecified atom stereocenters. The first-order valence-electron chi connectivity index (χ1n) is 6.70. The zero-order chi connectivity index (χ0) is 13.1. The van der Waals surface area contributed by atoms with Crippen LogP contribution in [-0.4, -0.2) is 18.1 Å². The van der Waals surface area contributed by atoms with E-state index >= 15 is 0 Å². The molecule has 2 nitrogen and oxygen atoms in total. The molecule has 1 aliphatic rings. The summed E-state index contributed by atoms with van der Waals surface area (Å²) in [4.78, 5) is 2.87. The van der Waals surface area contributed by atoms with Crippen molar-refractivity contribution in [1.82, 2.24) is 0 Å². The van der Waals surface area contributed by atoms with E-state index in [4.69, 9.17) is 18.0 Å². The lowest BCUT2D eigenvalue weighted by Crippen LogP contribution is -2.35. The first kappa shape index (κ1) is 13.3. The number of thiocarbonyl (C=S) groups is 1. The number of benzene rings is 1. The van der Waals surface area contributed by atoms with E-state index in [0.717, 1.165) is 11.5 Å². The minimum absolute atomic E-state index is 0.468. The smallest absolute Gasteiger partial charge is 0.103 e. The standard InChI is InChI=1S/C15H22N2S/c1-11-4-3-5-14(10-11)17(2)13-8-6-12(7-9-13)15(16)18/h6-9,11,14H,3-5,10H2,1-2H3,(H2,16,18). The maximum absolute atomic E-state index is 5.62. The van der Waals surface area contributed by atoms with Gasteiger partial charge >= 0.3 is 0 Å². The number of hydrogen-bond donors (Lipinski definition) is 1. The van der Waals surface area contributed by atoms with Gasteiger partial charge in [0.2, 0.25) is 0 Å². The summed E-state index contributed by atoms with van der Waals surface area (Å²) in [7, 11) is 2.19. The molecule has 1 aromatic rings. The molecule has 3 heteroatoms. The van der Waals surface area contributed by atoms with Crippen LogP contribution in [0.3, 0.4) is 0 Å². The molecule has 0 heterocycles.